The summed E-state index contributed by atoms with van der Waals surface area (Å²) in [5.74, 6) is -1.71. The summed E-state index contributed by atoms with van der Waals surface area (Å²) in [7, 11) is -2.75. The highest BCUT2D eigenvalue weighted by molar-refractivity contribution is 7.90. The molecule has 0 aliphatic rings. The highest BCUT2D eigenvalue weighted by Gasteiger charge is 2.29. The fourth-order valence-electron chi connectivity index (χ4n) is 2.96. The van der Waals surface area contributed by atoms with E-state index in [2.05, 4.69) is 20.2 Å². The molecule has 4 rings (SSSR count). The highest BCUT2D eigenvalue weighted by Crippen LogP contribution is 2.30. The van der Waals surface area contributed by atoms with Gasteiger partial charge in [-0.3, -0.25) is 4.98 Å². The monoisotopic (exact) mass is 510 g/mol. The zero-order valence-corrected chi connectivity index (χ0v) is 19.2. The van der Waals surface area contributed by atoms with Crippen LogP contribution in [0.1, 0.15) is 22.9 Å². The SMILES string of the molecule is CN(Cc1ccccc1)S(=O)(=O)N(Cc1ncc(-c2nnc(C(F)F)o2)s1)c1cncc(F)c1. The second kappa shape index (κ2) is 9.87. The third-order valence-corrected chi connectivity index (χ3v) is 7.35. The van der Waals surface area contributed by atoms with Crippen LogP contribution in [0.3, 0.4) is 0 Å². The molecule has 9 nitrogen and oxygen atoms in total. The van der Waals surface area contributed by atoms with Crippen molar-refractivity contribution >= 4 is 27.2 Å². The fourth-order valence-corrected chi connectivity index (χ4v) is 5.17. The number of anilines is 1. The molecule has 3 aromatic heterocycles. The molecule has 178 valence electrons. The minimum atomic E-state index is -4.15. The van der Waals surface area contributed by atoms with Crippen LogP contribution in [-0.2, 0) is 23.3 Å². The molecule has 0 N–H and O–H groups in total. The fraction of sp³-hybridized carbons (Fsp3) is 0.200. The van der Waals surface area contributed by atoms with E-state index in [9.17, 15) is 21.6 Å². The number of nitrogens with zero attached hydrogens (tertiary/aromatic N) is 6. The Morgan fingerprint density at radius 3 is 2.53 bits per heavy atom. The Kier molecular flexibility index (Phi) is 6.90. The summed E-state index contributed by atoms with van der Waals surface area (Å²) in [5, 5.41) is 7.12. The van der Waals surface area contributed by atoms with Gasteiger partial charge in [0.25, 0.3) is 11.8 Å². The summed E-state index contributed by atoms with van der Waals surface area (Å²) < 4.78 is 73.3. The van der Waals surface area contributed by atoms with E-state index in [4.69, 9.17) is 4.42 Å². The van der Waals surface area contributed by atoms with Gasteiger partial charge in [0.15, 0.2) is 0 Å². The molecule has 0 aliphatic carbocycles. The number of aromatic nitrogens is 4. The molecule has 0 amide bonds. The van der Waals surface area contributed by atoms with Crippen LogP contribution in [0.4, 0.5) is 18.9 Å². The van der Waals surface area contributed by atoms with Gasteiger partial charge >= 0.3 is 16.6 Å². The quantitative estimate of drug-likeness (QED) is 0.335. The summed E-state index contributed by atoms with van der Waals surface area (Å²) in [6.07, 6.45) is 0.568. The second-order valence-electron chi connectivity index (χ2n) is 6.98. The predicted molar refractivity (Wildman–Crippen MR) is 118 cm³/mol. The maximum absolute atomic E-state index is 13.9. The first kappa shape index (κ1) is 23.8. The van der Waals surface area contributed by atoms with Gasteiger partial charge in [0, 0.05) is 19.7 Å². The van der Waals surface area contributed by atoms with E-state index in [-0.39, 0.29) is 34.6 Å². The van der Waals surface area contributed by atoms with Crippen LogP contribution in [-0.4, -0.2) is 39.9 Å². The predicted octanol–water partition coefficient (Wildman–Crippen LogP) is 4.05. The van der Waals surface area contributed by atoms with Crippen LogP contribution in [0.2, 0.25) is 0 Å². The van der Waals surface area contributed by atoms with E-state index in [1.807, 2.05) is 6.07 Å². The molecule has 14 heteroatoms. The maximum Gasteiger partial charge on any atom is 0.314 e. The Balaban J connectivity index is 1.64. The van der Waals surface area contributed by atoms with Crippen LogP contribution in [0.25, 0.3) is 10.8 Å². The molecule has 3 heterocycles. The average molecular weight is 511 g/mol. The summed E-state index contributed by atoms with van der Waals surface area (Å²) in [6.45, 7) is -0.197. The van der Waals surface area contributed by atoms with E-state index in [0.717, 1.165) is 37.8 Å². The Morgan fingerprint density at radius 2 is 1.85 bits per heavy atom. The molecule has 0 fully saturated rings. The summed E-state index contributed by atoms with van der Waals surface area (Å²) in [5.41, 5.74) is 0.753. The Hall–Kier alpha value is -3.36. The van der Waals surface area contributed by atoms with Gasteiger partial charge in [-0.2, -0.15) is 21.5 Å². The lowest BCUT2D eigenvalue weighted by atomic mass is 10.2. The molecule has 0 bridgehead atoms. The van der Waals surface area contributed by atoms with Gasteiger partial charge in [0.1, 0.15) is 15.7 Å². The largest absolute Gasteiger partial charge is 0.414 e. The number of pyridine rings is 1. The second-order valence-corrected chi connectivity index (χ2v) is 10.1. The zero-order valence-electron chi connectivity index (χ0n) is 17.5. The van der Waals surface area contributed by atoms with Gasteiger partial charge in [0.05, 0.1) is 30.8 Å². The van der Waals surface area contributed by atoms with E-state index < -0.39 is 28.3 Å². The van der Waals surface area contributed by atoms with Crippen molar-refractivity contribution in [3.05, 3.63) is 77.3 Å². The highest BCUT2D eigenvalue weighted by atomic mass is 32.2. The molecule has 4 aromatic rings. The summed E-state index contributed by atoms with van der Waals surface area (Å²) in [4.78, 5) is 8.19. The van der Waals surface area contributed by atoms with Crippen molar-refractivity contribution in [3.63, 3.8) is 0 Å². The molecule has 1 aromatic carbocycles. The van der Waals surface area contributed by atoms with Crippen LogP contribution in [0.5, 0.6) is 0 Å². The number of benzene rings is 1. The molecule has 34 heavy (non-hydrogen) atoms. The van der Waals surface area contributed by atoms with Gasteiger partial charge < -0.3 is 4.42 Å². The van der Waals surface area contributed by atoms with Crippen molar-refractivity contribution in [2.75, 3.05) is 11.4 Å². The zero-order chi connectivity index (χ0) is 24.3. The van der Waals surface area contributed by atoms with Gasteiger partial charge in [-0.05, 0) is 5.56 Å². The van der Waals surface area contributed by atoms with Crippen molar-refractivity contribution in [3.8, 4) is 10.8 Å². The number of hydrogen-bond donors (Lipinski definition) is 0. The molecular formula is C20H17F3N6O3S2. The van der Waals surface area contributed by atoms with Crippen molar-refractivity contribution in [2.45, 2.75) is 19.5 Å². The van der Waals surface area contributed by atoms with Crippen LogP contribution in [0, 0.1) is 5.82 Å². The van der Waals surface area contributed by atoms with E-state index >= 15 is 0 Å². The summed E-state index contributed by atoms with van der Waals surface area (Å²) in [6, 6.07) is 10.0. The van der Waals surface area contributed by atoms with E-state index in [1.165, 1.54) is 19.4 Å². The summed E-state index contributed by atoms with van der Waals surface area (Å²) >= 11 is 0.979. The number of rotatable bonds is 9. The van der Waals surface area contributed by atoms with Crippen LogP contribution < -0.4 is 4.31 Å². The van der Waals surface area contributed by atoms with Gasteiger partial charge in [0.2, 0.25) is 0 Å². The van der Waals surface area contributed by atoms with E-state index in [1.54, 1.807) is 24.3 Å². The smallest absolute Gasteiger partial charge is 0.314 e. The molecule has 0 radical (unpaired) electrons. The van der Waals surface area contributed by atoms with Crippen molar-refractivity contribution < 1.29 is 26.0 Å². The number of thiazole rings is 1. The maximum atomic E-state index is 13.9. The molecule has 0 saturated carbocycles. The minimum Gasteiger partial charge on any atom is -0.414 e. The van der Waals surface area contributed by atoms with Gasteiger partial charge in [-0.25, -0.2) is 13.7 Å². The minimum absolute atomic E-state index is 0.00515. The third kappa shape index (κ3) is 5.24. The molecule has 0 spiro atoms. The molecule has 0 saturated heterocycles. The van der Waals surface area contributed by atoms with Crippen LogP contribution >= 0.6 is 11.3 Å². The average Bonchev–Trinajstić information content (AvgIpc) is 3.48. The van der Waals surface area contributed by atoms with Gasteiger partial charge in [-0.1, -0.05) is 30.3 Å². The first-order valence-corrected chi connectivity index (χ1v) is 11.9. The van der Waals surface area contributed by atoms with Gasteiger partial charge in [-0.15, -0.1) is 21.5 Å². The standard InChI is InChI=1S/C20H17F3N6O3S2/c1-28(11-13-5-3-2-4-6-13)34(30,31)29(15-7-14(21)8-24-9-15)12-17-25-10-16(33-17)19-26-27-20(32-19)18(22)23/h2-10,18H,11-12H2,1H3. The van der Waals surface area contributed by atoms with Crippen molar-refractivity contribution in [1.82, 2.24) is 24.5 Å². The number of halogens is 3. The number of hydrogen-bond acceptors (Lipinski definition) is 8. The number of alkyl halides is 2. The molecule has 0 unspecified atom stereocenters. The lowest BCUT2D eigenvalue weighted by Gasteiger charge is -2.28. The first-order chi connectivity index (χ1) is 16.2. The topological polar surface area (TPSA) is 105 Å². The Morgan fingerprint density at radius 1 is 1.09 bits per heavy atom. The normalized spacial score (nSPS) is 11.9. The lowest BCUT2D eigenvalue weighted by molar-refractivity contribution is 0.116. The molecule has 0 atom stereocenters. The first-order valence-electron chi connectivity index (χ1n) is 9.69. The molecular weight excluding hydrogens is 493 g/mol. The van der Waals surface area contributed by atoms with Crippen LogP contribution in [0.15, 0.2) is 59.4 Å². The Bertz CT molecular complexity index is 1360. The van der Waals surface area contributed by atoms with E-state index in [0.29, 0.717) is 0 Å². The third-order valence-electron chi connectivity index (χ3n) is 4.57. The molecule has 0 aliphatic heterocycles. The lowest BCUT2D eigenvalue weighted by Crippen LogP contribution is -2.41. The van der Waals surface area contributed by atoms with Crippen molar-refractivity contribution in [1.29, 1.82) is 0 Å². The Labute approximate surface area is 196 Å². The van der Waals surface area contributed by atoms with Crippen molar-refractivity contribution in [2.24, 2.45) is 0 Å².